The van der Waals surface area contributed by atoms with Crippen molar-refractivity contribution >= 4 is 29.0 Å². The first-order chi connectivity index (χ1) is 8.22. The fraction of sp³-hybridized carbons (Fsp3) is 0.583. The number of thioether (sulfide) groups is 1. The van der Waals surface area contributed by atoms with Gasteiger partial charge in [-0.05, 0) is 30.5 Å². The van der Waals surface area contributed by atoms with E-state index in [1.807, 2.05) is 17.7 Å². The standard InChI is InChI=1S/C12H17NO2S2/c1-16-10-5-6-17-11(10)12(15)13-7-8-3-2-4-9(8)14/h5-6,8-9,14H,2-4,7H2,1H3,(H,13,15). The van der Waals surface area contributed by atoms with Gasteiger partial charge in [0.2, 0.25) is 0 Å². The zero-order chi connectivity index (χ0) is 12.3. The molecule has 2 rings (SSSR count). The van der Waals surface area contributed by atoms with Gasteiger partial charge in [-0.2, -0.15) is 0 Å². The molecule has 17 heavy (non-hydrogen) atoms. The molecule has 0 aromatic carbocycles. The predicted molar refractivity (Wildman–Crippen MR) is 71.8 cm³/mol. The lowest BCUT2D eigenvalue weighted by Gasteiger charge is -2.14. The topological polar surface area (TPSA) is 49.3 Å². The third-order valence-electron chi connectivity index (χ3n) is 3.20. The van der Waals surface area contributed by atoms with Crippen LogP contribution in [0.4, 0.5) is 0 Å². The summed E-state index contributed by atoms with van der Waals surface area (Å²) in [4.78, 5) is 13.8. The Morgan fingerprint density at radius 3 is 3.12 bits per heavy atom. The minimum absolute atomic E-state index is 0.0107. The summed E-state index contributed by atoms with van der Waals surface area (Å²) in [7, 11) is 0. The highest BCUT2D eigenvalue weighted by molar-refractivity contribution is 7.98. The first-order valence-electron chi connectivity index (χ1n) is 5.80. The number of carbonyl (C=O) groups excluding carboxylic acids is 1. The molecule has 1 amide bonds. The average molecular weight is 271 g/mol. The molecule has 3 nitrogen and oxygen atoms in total. The SMILES string of the molecule is CSc1ccsc1C(=O)NCC1CCCC1O. The Morgan fingerprint density at radius 1 is 1.65 bits per heavy atom. The molecule has 1 aromatic rings. The van der Waals surface area contributed by atoms with Gasteiger partial charge >= 0.3 is 0 Å². The monoisotopic (exact) mass is 271 g/mol. The molecule has 0 bridgehead atoms. The zero-order valence-electron chi connectivity index (χ0n) is 9.81. The molecule has 5 heteroatoms. The first kappa shape index (κ1) is 12.9. The Labute approximate surface area is 110 Å². The molecule has 1 aliphatic rings. The predicted octanol–water partition coefficient (Wildman–Crippen LogP) is 2.36. The fourth-order valence-electron chi connectivity index (χ4n) is 2.18. The number of aliphatic hydroxyl groups excluding tert-OH is 1. The van der Waals surface area contributed by atoms with Crippen LogP contribution >= 0.6 is 23.1 Å². The van der Waals surface area contributed by atoms with Crippen LogP contribution < -0.4 is 5.32 Å². The molecule has 1 aromatic heterocycles. The average Bonchev–Trinajstić information content (AvgIpc) is 2.94. The number of carbonyl (C=O) groups is 1. The van der Waals surface area contributed by atoms with Gasteiger partial charge in [0, 0.05) is 17.4 Å². The second-order valence-corrected chi connectivity index (χ2v) is 6.05. The summed E-state index contributed by atoms with van der Waals surface area (Å²) in [5.74, 6) is 0.222. The second-order valence-electron chi connectivity index (χ2n) is 4.29. The molecule has 0 spiro atoms. The summed E-state index contributed by atoms with van der Waals surface area (Å²) >= 11 is 3.06. The van der Waals surface area contributed by atoms with E-state index in [-0.39, 0.29) is 17.9 Å². The van der Waals surface area contributed by atoms with E-state index in [9.17, 15) is 9.90 Å². The Balaban J connectivity index is 1.89. The number of hydrogen-bond acceptors (Lipinski definition) is 4. The molecule has 1 fully saturated rings. The summed E-state index contributed by atoms with van der Waals surface area (Å²) in [6.45, 7) is 0.589. The zero-order valence-corrected chi connectivity index (χ0v) is 11.4. The number of rotatable bonds is 4. The van der Waals surface area contributed by atoms with Crippen molar-refractivity contribution in [1.82, 2.24) is 5.32 Å². The summed E-state index contributed by atoms with van der Waals surface area (Å²) < 4.78 is 0. The number of nitrogens with one attached hydrogen (secondary N) is 1. The van der Waals surface area contributed by atoms with E-state index in [0.29, 0.717) is 6.54 Å². The number of aliphatic hydroxyl groups is 1. The number of hydrogen-bond donors (Lipinski definition) is 2. The quantitative estimate of drug-likeness (QED) is 0.827. The van der Waals surface area contributed by atoms with E-state index in [1.165, 1.54) is 11.3 Å². The molecule has 2 N–H and O–H groups in total. The molecule has 0 saturated heterocycles. The van der Waals surface area contributed by atoms with E-state index in [4.69, 9.17) is 0 Å². The van der Waals surface area contributed by atoms with Crippen LogP contribution in [-0.2, 0) is 0 Å². The summed E-state index contributed by atoms with van der Waals surface area (Å²) in [5.41, 5.74) is 0. The van der Waals surface area contributed by atoms with Gasteiger partial charge in [0.1, 0.15) is 4.88 Å². The number of amides is 1. The lowest BCUT2D eigenvalue weighted by atomic mass is 10.1. The molecule has 1 saturated carbocycles. The van der Waals surface area contributed by atoms with Crippen molar-refractivity contribution in [3.8, 4) is 0 Å². The highest BCUT2D eigenvalue weighted by Gasteiger charge is 2.25. The Hall–Kier alpha value is -0.520. The molecule has 1 heterocycles. The van der Waals surface area contributed by atoms with Crippen LogP contribution in [0.2, 0.25) is 0 Å². The summed E-state index contributed by atoms with van der Waals surface area (Å²) in [5, 5.41) is 14.5. The third-order valence-corrected chi connectivity index (χ3v) is 5.02. The van der Waals surface area contributed by atoms with Gasteiger partial charge < -0.3 is 10.4 Å². The van der Waals surface area contributed by atoms with Gasteiger partial charge in [-0.15, -0.1) is 23.1 Å². The van der Waals surface area contributed by atoms with Crippen molar-refractivity contribution in [2.75, 3.05) is 12.8 Å². The van der Waals surface area contributed by atoms with E-state index >= 15 is 0 Å². The molecular formula is C12H17NO2S2. The lowest BCUT2D eigenvalue weighted by Crippen LogP contribution is -2.32. The first-order valence-corrected chi connectivity index (χ1v) is 7.90. The molecule has 1 aliphatic carbocycles. The van der Waals surface area contributed by atoms with Crippen LogP contribution in [0, 0.1) is 5.92 Å². The van der Waals surface area contributed by atoms with Crippen molar-refractivity contribution in [2.45, 2.75) is 30.3 Å². The molecular weight excluding hydrogens is 254 g/mol. The van der Waals surface area contributed by atoms with Crippen LogP contribution in [-0.4, -0.2) is 29.9 Å². The van der Waals surface area contributed by atoms with Crippen LogP contribution in [0.5, 0.6) is 0 Å². The molecule has 94 valence electrons. The second kappa shape index (κ2) is 5.89. The van der Waals surface area contributed by atoms with Crippen LogP contribution in [0.3, 0.4) is 0 Å². The smallest absolute Gasteiger partial charge is 0.262 e. The molecule has 0 aliphatic heterocycles. The minimum Gasteiger partial charge on any atom is -0.393 e. The van der Waals surface area contributed by atoms with E-state index < -0.39 is 0 Å². The van der Waals surface area contributed by atoms with Crippen molar-refractivity contribution in [3.05, 3.63) is 16.3 Å². The van der Waals surface area contributed by atoms with Crippen molar-refractivity contribution < 1.29 is 9.90 Å². The van der Waals surface area contributed by atoms with Gasteiger partial charge in [-0.1, -0.05) is 6.42 Å². The summed E-state index contributed by atoms with van der Waals surface area (Å²) in [6.07, 6.45) is 4.69. The van der Waals surface area contributed by atoms with Crippen molar-refractivity contribution in [2.24, 2.45) is 5.92 Å². The van der Waals surface area contributed by atoms with Crippen LogP contribution in [0.15, 0.2) is 16.3 Å². The molecule has 0 radical (unpaired) electrons. The lowest BCUT2D eigenvalue weighted by molar-refractivity contribution is 0.0918. The van der Waals surface area contributed by atoms with Gasteiger partial charge in [-0.3, -0.25) is 4.79 Å². The summed E-state index contributed by atoms with van der Waals surface area (Å²) in [6, 6.07) is 1.97. The van der Waals surface area contributed by atoms with Crippen molar-refractivity contribution in [1.29, 1.82) is 0 Å². The molecule has 2 atom stereocenters. The van der Waals surface area contributed by atoms with Gasteiger partial charge in [0.25, 0.3) is 5.91 Å². The maximum atomic E-state index is 12.0. The maximum Gasteiger partial charge on any atom is 0.262 e. The van der Waals surface area contributed by atoms with E-state index in [2.05, 4.69) is 5.32 Å². The van der Waals surface area contributed by atoms with E-state index in [0.717, 1.165) is 29.0 Å². The fourth-order valence-corrected chi connectivity index (χ4v) is 3.85. The van der Waals surface area contributed by atoms with Crippen molar-refractivity contribution in [3.63, 3.8) is 0 Å². The van der Waals surface area contributed by atoms with Crippen LogP contribution in [0.25, 0.3) is 0 Å². The highest BCUT2D eigenvalue weighted by Crippen LogP contribution is 2.27. The van der Waals surface area contributed by atoms with Crippen LogP contribution in [0.1, 0.15) is 28.9 Å². The Morgan fingerprint density at radius 2 is 2.47 bits per heavy atom. The van der Waals surface area contributed by atoms with Gasteiger partial charge in [0.05, 0.1) is 6.10 Å². The normalized spacial score (nSPS) is 23.9. The molecule has 2 unspecified atom stereocenters. The third kappa shape index (κ3) is 3.03. The van der Waals surface area contributed by atoms with Gasteiger partial charge in [-0.25, -0.2) is 0 Å². The highest BCUT2D eigenvalue weighted by atomic mass is 32.2. The Bertz CT molecular complexity index is 392. The number of thiophene rings is 1. The largest absolute Gasteiger partial charge is 0.393 e. The maximum absolute atomic E-state index is 12.0. The van der Waals surface area contributed by atoms with Gasteiger partial charge in [0.15, 0.2) is 0 Å². The minimum atomic E-state index is -0.237. The Kier molecular flexibility index (Phi) is 4.48. The van der Waals surface area contributed by atoms with E-state index in [1.54, 1.807) is 11.8 Å².